The van der Waals surface area contributed by atoms with Crippen LogP contribution in [0.1, 0.15) is 6.42 Å². The summed E-state index contributed by atoms with van der Waals surface area (Å²) >= 11 is 6.10. The number of halogens is 1. The summed E-state index contributed by atoms with van der Waals surface area (Å²) in [5, 5.41) is 3.10. The molecule has 7 nitrogen and oxygen atoms in total. The van der Waals surface area contributed by atoms with E-state index in [-0.39, 0.29) is 10.6 Å². The van der Waals surface area contributed by atoms with Crippen LogP contribution in [-0.2, 0) is 14.8 Å². The van der Waals surface area contributed by atoms with Crippen LogP contribution in [-0.4, -0.2) is 60.1 Å². The Kier molecular flexibility index (Phi) is 8.31. The maximum absolute atomic E-state index is 13.3. The highest BCUT2D eigenvalue weighted by atomic mass is 35.5. The fourth-order valence-electron chi connectivity index (χ4n) is 2.69. The number of benzene rings is 2. The van der Waals surface area contributed by atoms with Gasteiger partial charge in [0.2, 0.25) is 5.91 Å². The van der Waals surface area contributed by atoms with E-state index in [1.807, 2.05) is 19.0 Å². The van der Waals surface area contributed by atoms with E-state index >= 15 is 0 Å². The topological polar surface area (TPSA) is 79.0 Å². The molecule has 0 spiro atoms. The monoisotopic (exact) mass is 439 g/mol. The Hall–Kier alpha value is -2.29. The largest absolute Gasteiger partial charge is 0.495 e. The number of carbonyl (C=O) groups excluding carboxylic acids is 1. The maximum atomic E-state index is 13.3. The minimum atomic E-state index is -4.02. The lowest BCUT2D eigenvalue weighted by Crippen LogP contribution is -2.41. The van der Waals surface area contributed by atoms with Gasteiger partial charge in [-0.05, 0) is 57.4 Å². The van der Waals surface area contributed by atoms with Crippen molar-refractivity contribution in [2.45, 2.75) is 11.3 Å². The predicted octanol–water partition coefficient (Wildman–Crippen LogP) is 2.61. The number of hydrogen-bond donors (Lipinski definition) is 1. The Morgan fingerprint density at radius 2 is 1.83 bits per heavy atom. The molecule has 0 radical (unpaired) electrons. The fourth-order valence-corrected chi connectivity index (χ4v) is 4.30. The molecule has 0 atom stereocenters. The first-order chi connectivity index (χ1) is 13.8. The Morgan fingerprint density at radius 1 is 1.14 bits per heavy atom. The number of nitrogens with one attached hydrogen (secondary N) is 1. The summed E-state index contributed by atoms with van der Waals surface area (Å²) < 4.78 is 33.0. The van der Waals surface area contributed by atoms with E-state index in [4.69, 9.17) is 16.3 Å². The smallest absolute Gasteiger partial charge is 0.264 e. The average Bonchev–Trinajstić information content (AvgIpc) is 2.70. The van der Waals surface area contributed by atoms with Crippen LogP contribution in [0.5, 0.6) is 5.75 Å². The molecule has 0 aromatic heterocycles. The molecule has 29 heavy (non-hydrogen) atoms. The molecular weight excluding hydrogens is 414 g/mol. The van der Waals surface area contributed by atoms with Crippen molar-refractivity contribution >= 4 is 33.2 Å². The van der Waals surface area contributed by atoms with Gasteiger partial charge in [0.15, 0.2) is 0 Å². The molecule has 2 aromatic rings. The molecule has 2 aromatic carbocycles. The number of nitrogens with zero attached hydrogens (tertiary/aromatic N) is 2. The number of rotatable bonds is 10. The van der Waals surface area contributed by atoms with Crippen LogP contribution in [0.4, 0.5) is 5.69 Å². The Morgan fingerprint density at radius 3 is 2.45 bits per heavy atom. The van der Waals surface area contributed by atoms with Crippen molar-refractivity contribution < 1.29 is 17.9 Å². The highest BCUT2D eigenvalue weighted by Gasteiger charge is 2.29. The molecule has 0 aliphatic heterocycles. The molecule has 0 bridgehead atoms. The maximum Gasteiger partial charge on any atom is 0.264 e. The van der Waals surface area contributed by atoms with Crippen molar-refractivity contribution in [2.75, 3.05) is 45.1 Å². The van der Waals surface area contributed by atoms with Crippen LogP contribution >= 0.6 is 11.6 Å². The van der Waals surface area contributed by atoms with E-state index in [2.05, 4.69) is 5.32 Å². The molecule has 1 N–H and O–H groups in total. The first-order valence-electron chi connectivity index (χ1n) is 9.08. The van der Waals surface area contributed by atoms with Crippen molar-refractivity contribution in [2.24, 2.45) is 0 Å². The number of amides is 1. The summed E-state index contributed by atoms with van der Waals surface area (Å²) in [4.78, 5) is 14.6. The van der Waals surface area contributed by atoms with Gasteiger partial charge in [-0.3, -0.25) is 9.10 Å². The summed E-state index contributed by atoms with van der Waals surface area (Å²) in [5.41, 5.74) is 0.201. The van der Waals surface area contributed by atoms with Gasteiger partial charge in [0, 0.05) is 11.6 Å². The normalized spacial score (nSPS) is 11.3. The van der Waals surface area contributed by atoms with Gasteiger partial charge < -0.3 is 15.0 Å². The van der Waals surface area contributed by atoms with Gasteiger partial charge in [-0.2, -0.15) is 0 Å². The van der Waals surface area contributed by atoms with Gasteiger partial charge in [0.1, 0.15) is 12.3 Å². The lowest BCUT2D eigenvalue weighted by molar-refractivity contribution is -0.119. The second kappa shape index (κ2) is 10.5. The average molecular weight is 440 g/mol. The minimum Gasteiger partial charge on any atom is -0.495 e. The Bertz CT molecular complexity index is 921. The molecule has 158 valence electrons. The SMILES string of the molecule is COc1ccc(Cl)cc1N(CC(=O)NCCCN(C)C)S(=O)(=O)c1ccccc1. The van der Waals surface area contributed by atoms with Crippen LogP contribution in [0.25, 0.3) is 0 Å². The summed E-state index contributed by atoms with van der Waals surface area (Å²) in [7, 11) is 1.31. The van der Waals surface area contributed by atoms with Gasteiger partial charge in [-0.1, -0.05) is 29.8 Å². The summed E-state index contributed by atoms with van der Waals surface area (Å²) in [6, 6.07) is 12.6. The van der Waals surface area contributed by atoms with Crippen LogP contribution in [0.3, 0.4) is 0 Å². The van der Waals surface area contributed by atoms with E-state index < -0.39 is 22.5 Å². The van der Waals surface area contributed by atoms with E-state index in [0.717, 1.165) is 17.3 Å². The Labute approximate surface area is 177 Å². The molecule has 0 saturated carbocycles. The molecular formula is C20H26ClN3O4S. The van der Waals surface area contributed by atoms with E-state index in [9.17, 15) is 13.2 Å². The lowest BCUT2D eigenvalue weighted by Gasteiger charge is -2.26. The second-order valence-electron chi connectivity index (χ2n) is 6.65. The third-order valence-electron chi connectivity index (χ3n) is 4.13. The summed E-state index contributed by atoms with van der Waals surface area (Å²) in [6.07, 6.45) is 0.755. The highest BCUT2D eigenvalue weighted by Crippen LogP contribution is 2.34. The predicted molar refractivity (Wildman–Crippen MR) is 115 cm³/mol. The second-order valence-corrected chi connectivity index (χ2v) is 8.95. The number of anilines is 1. The highest BCUT2D eigenvalue weighted by molar-refractivity contribution is 7.92. The third kappa shape index (κ3) is 6.35. The number of hydrogen-bond acceptors (Lipinski definition) is 5. The first-order valence-corrected chi connectivity index (χ1v) is 10.9. The molecule has 0 unspecified atom stereocenters. The molecule has 0 saturated heterocycles. The van der Waals surface area contributed by atoms with Crippen molar-refractivity contribution in [3.63, 3.8) is 0 Å². The molecule has 9 heteroatoms. The molecule has 0 heterocycles. The van der Waals surface area contributed by atoms with Gasteiger partial charge in [0.05, 0.1) is 17.7 Å². The van der Waals surface area contributed by atoms with Crippen LogP contribution in [0, 0.1) is 0 Å². The third-order valence-corrected chi connectivity index (χ3v) is 6.14. The fraction of sp³-hybridized carbons (Fsp3) is 0.350. The van der Waals surface area contributed by atoms with Crippen LogP contribution in [0.2, 0.25) is 5.02 Å². The zero-order chi connectivity index (χ0) is 21.4. The zero-order valence-electron chi connectivity index (χ0n) is 16.8. The minimum absolute atomic E-state index is 0.0717. The molecule has 1 amide bonds. The number of sulfonamides is 1. The van der Waals surface area contributed by atoms with Gasteiger partial charge in [0.25, 0.3) is 10.0 Å². The van der Waals surface area contributed by atoms with Crippen LogP contribution < -0.4 is 14.4 Å². The molecule has 0 aliphatic carbocycles. The van der Waals surface area contributed by atoms with Crippen molar-refractivity contribution in [3.8, 4) is 5.75 Å². The zero-order valence-corrected chi connectivity index (χ0v) is 18.3. The standard InChI is InChI=1S/C20H26ClN3O4S/c1-23(2)13-7-12-22-20(25)15-24(18-14-16(21)10-11-19(18)28-3)29(26,27)17-8-5-4-6-9-17/h4-6,8-11,14H,7,12-13,15H2,1-3H3,(H,22,25). The van der Waals surface area contributed by atoms with Gasteiger partial charge in [-0.15, -0.1) is 0 Å². The molecule has 0 aliphatic rings. The van der Waals surface area contributed by atoms with Gasteiger partial charge in [-0.25, -0.2) is 8.42 Å². The number of methoxy groups -OCH3 is 1. The van der Waals surface area contributed by atoms with E-state index in [0.29, 0.717) is 17.3 Å². The van der Waals surface area contributed by atoms with E-state index in [1.54, 1.807) is 30.3 Å². The summed E-state index contributed by atoms with van der Waals surface area (Å²) in [5.74, 6) is -0.111. The van der Waals surface area contributed by atoms with Crippen molar-refractivity contribution in [1.82, 2.24) is 10.2 Å². The van der Waals surface area contributed by atoms with Crippen molar-refractivity contribution in [1.29, 1.82) is 0 Å². The Balaban J connectivity index is 2.35. The van der Waals surface area contributed by atoms with E-state index in [1.165, 1.54) is 25.3 Å². The molecule has 0 fully saturated rings. The molecule has 2 rings (SSSR count). The van der Waals surface area contributed by atoms with Crippen LogP contribution in [0.15, 0.2) is 53.4 Å². The van der Waals surface area contributed by atoms with Crippen molar-refractivity contribution in [3.05, 3.63) is 53.6 Å². The number of ether oxygens (including phenoxy) is 1. The first kappa shape index (κ1) is 23.0. The summed E-state index contributed by atoms with van der Waals surface area (Å²) in [6.45, 7) is 0.868. The van der Waals surface area contributed by atoms with Gasteiger partial charge >= 0.3 is 0 Å². The number of carbonyl (C=O) groups is 1. The quantitative estimate of drug-likeness (QED) is 0.576. The lowest BCUT2D eigenvalue weighted by atomic mass is 10.3.